The lowest BCUT2D eigenvalue weighted by Gasteiger charge is -2.36. The first-order valence-electron chi connectivity index (χ1n) is 11.0. The normalized spacial score (nSPS) is 20.7. The van der Waals surface area contributed by atoms with E-state index < -0.39 is 0 Å². The van der Waals surface area contributed by atoms with Crippen LogP contribution in [0, 0.1) is 5.92 Å². The van der Waals surface area contributed by atoms with Crippen LogP contribution < -0.4 is 4.90 Å². The molecule has 152 valence electrons. The van der Waals surface area contributed by atoms with E-state index in [4.69, 9.17) is 0 Å². The average molecular weight is 373 g/mol. The van der Waals surface area contributed by atoms with Gasteiger partial charge >= 0.3 is 0 Å². The molecule has 0 atom stereocenters. The summed E-state index contributed by atoms with van der Waals surface area (Å²) < 4.78 is 0. The van der Waals surface area contributed by atoms with E-state index in [0.717, 1.165) is 25.6 Å². The van der Waals surface area contributed by atoms with E-state index >= 15 is 0 Å². The zero-order valence-electron chi connectivity index (χ0n) is 18.0. The Hall–Kier alpha value is -1.10. The number of likely N-dealkylation sites (tertiary alicyclic amines) is 1. The van der Waals surface area contributed by atoms with Gasteiger partial charge < -0.3 is 19.6 Å². The molecule has 4 heteroatoms. The second-order valence-corrected chi connectivity index (χ2v) is 8.86. The molecule has 0 saturated carbocycles. The molecule has 2 aliphatic heterocycles. The van der Waals surface area contributed by atoms with Crippen LogP contribution in [0.4, 0.5) is 5.69 Å². The Bertz CT molecular complexity index is 540. The van der Waals surface area contributed by atoms with Crippen molar-refractivity contribution in [2.75, 3.05) is 64.3 Å². The van der Waals surface area contributed by atoms with Gasteiger partial charge in [0.25, 0.3) is 0 Å². The summed E-state index contributed by atoms with van der Waals surface area (Å²) in [5, 5.41) is 0. The summed E-state index contributed by atoms with van der Waals surface area (Å²) in [6, 6.07) is 10.0. The second-order valence-electron chi connectivity index (χ2n) is 8.86. The fraction of sp³-hybridized carbons (Fsp3) is 0.739. The van der Waals surface area contributed by atoms with Crippen LogP contribution >= 0.6 is 0 Å². The van der Waals surface area contributed by atoms with Crippen LogP contribution in [0.3, 0.4) is 0 Å². The number of hydrogen-bond acceptors (Lipinski definition) is 4. The summed E-state index contributed by atoms with van der Waals surface area (Å²) >= 11 is 0. The maximum Gasteiger partial charge on any atom is 0.0367 e. The third kappa shape index (κ3) is 5.94. The number of anilines is 1. The van der Waals surface area contributed by atoms with Crippen LogP contribution in [-0.4, -0.2) is 80.1 Å². The molecule has 1 aromatic carbocycles. The van der Waals surface area contributed by atoms with Gasteiger partial charge in [0, 0.05) is 51.0 Å². The molecule has 0 unspecified atom stereocenters. The van der Waals surface area contributed by atoms with Crippen LogP contribution in [0.5, 0.6) is 0 Å². The zero-order chi connectivity index (χ0) is 19.2. The SMILES string of the molecule is CCN1CCN(c2ccc(CN(C)CC3CCN(C(C)C)CC3)cc2)CC1. The third-order valence-corrected chi connectivity index (χ3v) is 6.52. The smallest absolute Gasteiger partial charge is 0.0367 e. The standard InChI is InChI=1S/C23H40N4/c1-5-25-14-16-27(17-15-25)23-8-6-21(7-9-23)18-24(4)19-22-10-12-26(13-11-22)20(2)3/h6-9,20,22H,5,10-19H2,1-4H3. The number of benzene rings is 1. The average Bonchev–Trinajstić information content (AvgIpc) is 2.69. The van der Waals surface area contributed by atoms with Gasteiger partial charge in [0.05, 0.1) is 0 Å². The molecule has 0 spiro atoms. The Balaban J connectivity index is 1.43. The fourth-order valence-corrected chi connectivity index (χ4v) is 4.60. The molecule has 2 aliphatic rings. The highest BCUT2D eigenvalue weighted by Crippen LogP contribution is 2.21. The van der Waals surface area contributed by atoms with Gasteiger partial charge in [-0.3, -0.25) is 0 Å². The van der Waals surface area contributed by atoms with Crippen LogP contribution in [0.15, 0.2) is 24.3 Å². The maximum absolute atomic E-state index is 2.62. The van der Waals surface area contributed by atoms with E-state index in [-0.39, 0.29) is 0 Å². The largest absolute Gasteiger partial charge is 0.369 e. The van der Waals surface area contributed by atoms with Gasteiger partial charge in [0.2, 0.25) is 0 Å². The van der Waals surface area contributed by atoms with Gasteiger partial charge in [-0.05, 0) is 77.0 Å². The molecule has 2 fully saturated rings. The van der Waals surface area contributed by atoms with E-state index in [1.54, 1.807) is 0 Å². The molecule has 0 radical (unpaired) electrons. The molecule has 0 bridgehead atoms. The molecule has 0 amide bonds. The van der Waals surface area contributed by atoms with E-state index in [1.165, 1.54) is 63.4 Å². The van der Waals surface area contributed by atoms with Crippen LogP contribution in [-0.2, 0) is 6.54 Å². The summed E-state index contributed by atoms with van der Waals surface area (Å²) in [4.78, 5) is 10.2. The van der Waals surface area contributed by atoms with Crippen LogP contribution in [0.1, 0.15) is 39.2 Å². The van der Waals surface area contributed by atoms with Gasteiger partial charge in [-0.2, -0.15) is 0 Å². The van der Waals surface area contributed by atoms with Crippen molar-refractivity contribution in [3.63, 3.8) is 0 Å². The molecule has 27 heavy (non-hydrogen) atoms. The lowest BCUT2D eigenvalue weighted by Crippen LogP contribution is -2.46. The van der Waals surface area contributed by atoms with E-state index in [2.05, 4.69) is 71.7 Å². The summed E-state index contributed by atoms with van der Waals surface area (Å²) in [7, 11) is 2.28. The molecule has 0 aliphatic carbocycles. The number of hydrogen-bond donors (Lipinski definition) is 0. The van der Waals surface area contributed by atoms with E-state index in [0.29, 0.717) is 6.04 Å². The molecule has 0 aromatic heterocycles. The zero-order valence-corrected chi connectivity index (χ0v) is 18.0. The number of rotatable bonds is 7. The lowest BCUT2D eigenvalue weighted by atomic mass is 9.95. The Morgan fingerprint density at radius 2 is 1.59 bits per heavy atom. The van der Waals surface area contributed by atoms with Crippen molar-refractivity contribution >= 4 is 5.69 Å². The van der Waals surface area contributed by atoms with Crippen molar-refractivity contribution in [1.29, 1.82) is 0 Å². The molecule has 4 nitrogen and oxygen atoms in total. The lowest BCUT2D eigenvalue weighted by molar-refractivity contribution is 0.127. The number of piperidine rings is 1. The topological polar surface area (TPSA) is 13.0 Å². The summed E-state index contributed by atoms with van der Waals surface area (Å²) in [5.41, 5.74) is 2.83. The Morgan fingerprint density at radius 3 is 2.15 bits per heavy atom. The minimum atomic E-state index is 0.701. The summed E-state index contributed by atoms with van der Waals surface area (Å²) in [6.07, 6.45) is 2.70. The Morgan fingerprint density at radius 1 is 0.963 bits per heavy atom. The first-order valence-corrected chi connectivity index (χ1v) is 11.0. The van der Waals surface area contributed by atoms with Gasteiger partial charge in [0.1, 0.15) is 0 Å². The highest BCUT2D eigenvalue weighted by molar-refractivity contribution is 5.48. The van der Waals surface area contributed by atoms with Gasteiger partial charge in [-0.25, -0.2) is 0 Å². The van der Waals surface area contributed by atoms with Crippen molar-refractivity contribution in [1.82, 2.24) is 14.7 Å². The first-order chi connectivity index (χ1) is 13.0. The van der Waals surface area contributed by atoms with Gasteiger partial charge in [-0.15, -0.1) is 0 Å². The van der Waals surface area contributed by atoms with Crippen molar-refractivity contribution in [3.05, 3.63) is 29.8 Å². The van der Waals surface area contributed by atoms with Gasteiger partial charge in [0.15, 0.2) is 0 Å². The molecule has 0 N–H and O–H groups in total. The maximum atomic E-state index is 2.62. The Kier molecular flexibility index (Phi) is 7.57. The molecular formula is C23H40N4. The quantitative estimate of drug-likeness (QED) is 0.727. The predicted octanol–water partition coefficient (Wildman–Crippen LogP) is 3.38. The number of piperazine rings is 1. The summed E-state index contributed by atoms with van der Waals surface area (Å²) in [6.45, 7) is 17.6. The molecule has 2 heterocycles. The Labute approximate surface area is 167 Å². The molecule has 2 saturated heterocycles. The van der Waals surface area contributed by atoms with Crippen molar-refractivity contribution in [3.8, 4) is 0 Å². The molecule has 3 rings (SSSR count). The summed E-state index contributed by atoms with van der Waals surface area (Å²) in [5.74, 6) is 0.860. The van der Waals surface area contributed by atoms with Crippen LogP contribution in [0.25, 0.3) is 0 Å². The van der Waals surface area contributed by atoms with Crippen molar-refractivity contribution < 1.29 is 0 Å². The predicted molar refractivity (Wildman–Crippen MR) is 117 cm³/mol. The van der Waals surface area contributed by atoms with E-state index in [1.807, 2.05) is 0 Å². The molecule has 1 aromatic rings. The van der Waals surface area contributed by atoms with E-state index in [9.17, 15) is 0 Å². The van der Waals surface area contributed by atoms with Crippen molar-refractivity contribution in [2.45, 2.75) is 46.2 Å². The monoisotopic (exact) mass is 372 g/mol. The molecular weight excluding hydrogens is 332 g/mol. The van der Waals surface area contributed by atoms with Crippen molar-refractivity contribution in [2.24, 2.45) is 5.92 Å². The van der Waals surface area contributed by atoms with Crippen LogP contribution in [0.2, 0.25) is 0 Å². The van der Waals surface area contributed by atoms with Gasteiger partial charge in [-0.1, -0.05) is 19.1 Å². The number of likely N-dealkylation sites (N-methyl/N-ethyl adjacent to an activating group) is 1. The highest BCUT2D eigenvalue weighted by atomic mass is 15.3. The first kappa shape index (κ1) is 20.6. The minimum Gasteiger partial charge on any atom is -0.369 e. The third-order valence-electron chi connectivity index (χ3n) is 6.52. The number of nitrogens with zero attached hydrogens (tertiary/aromatic N) is 4. The highest BCUT2D eigenvalue weighted by Gasteiger charge is 2.22. The second kappa shape index (κ2) is 9.90. The fourth-order valence-electron chi connectivity index (χ4n) is 4.60. The minimum absolute atomic E-state index is 0.701.